The number of rotatable bonds is 21. The van der Waals surface area contributed by atoms with Crippen LogP contribution in [0.5, 0.6) is 5.75 Å². The number of ether oxygens (including phenoxy) is 1. The van der Waals surface area contributed by atoms with Gasteiger partial charge in [-0.25, -0.2) is 5.26 Å². The Morgan fingerprint density at radius 1 is 0.808 bits per heavy atom. The van der Waals surface area contributed by atoms with Gasteiger partial charge in [0.05, 0.1) is 30.9 Å². The molecule has 0 radical (unpaired) electrons. The van der Waals surface area contributed by atoms with Crippen molar-refractivity contribution in [2.75, 3.05) is 43.9 Å². The number of nitrogens with zero attached hydrogens (tertiary/aromatic N) is 3. The number of aromatic nitrogens is 1. The van der Waals surface area contributed by atoms with Crippen LogP contribution in [0.4, 0.5) is 11.4 Å². The highest BCUT2D eigenvalue weighted by Crippen LogP contribution is 2.48. The lowest BCUT2D eigenvalue weighted by molar-refractivity contribution is -0.438. The van der Waals surface area contributed by atoms with Gasteiger partial charge < -0.3 is 20.3 Å². The third kappa shape index (κ3) is 11.2. The minimum atomic E-state index is -0.283. The number of carbonyl (C=O) groups is 3. The fourth-order valence-corrected chi connectivity index (χ4v) is 11.3. The Labute approximate surface area is 438 Å². The zero-order valence-corrected chi connectivity index (χ0v) is 44.6. The van der Waals surface area contributed by atoms with E-state index in [1.54, 1.807) is 35.9 Å². The van der Waals surface area contributed by atoms with Gasteiger partial charge in [-0.1, -0.05) is 80.1 Å². The molecule has 1 aromatic heterocycles. The summed E-state index contributed by atoms with van der Waals surface area (Å²) in [5.41, 5.74) is 10.5. The van der Waals surface area contributed by atoms with Crippen LogP contribution in [-0.2, 0) is 37.6 Å². The second-order valence-electron chi connectivity index (χ2n) is 19.8. The largest absolute Gasteiger partial charge is 0.497 e. The summed E-state index contributed by atoms with van der Waals surface area (Å²) in [6.45, 7) is 15.8. The summed E-state index contributed by atoms with van der Waals surface area (Å²) in [4.78, 5) is 42.6. The Morgan fingerprint density at radius 3 is 2.27 bits per heavy atom. The maximum absolute atomic E-state index is 13.7. The van der Waals surface area contributed by atoms with E-state index in [1.807, 2.05) is 25.1 Å². The first-order valence-electron chi connectivity index (χ1n) is 25.3. The fraction of sp³-hybridized carbons (Fsp3) is 0.333. The maximum atomic E-state index is 13.7. The number of amides is 2. The number of nitrogens with one attached hydrogen (secondary N) is 2. The summed E-state index contributed by atoms with van der Waals surface area (Å²) >= 11 is 7.17. The molecule has 6 aromatic rings. The molecular weight excluding hydrogens is 954 g/mol. The first-order chi connectivity index (χ1) is 35.2. The van der Waals surface area contributed by atoms with Gasteiger partial charge in [0.2, 0.25) is 17.5 Å². The van der Waals surface area contributed by atoms with Crippen LogP contribution in [0.15, 0.2) is 133 Å². The van der Waals surface area contributed by atoms with Crippen LogP contribution in [0.3, 0.4) is 0 Å². The van der Waals surface area contributed by atoms with Crippen LogP contribution in [-0.4, -0.2) is 76.9 Å². The van der Waals surface area contributed by atoms with Crippen molar-refractivity contribution in [3.8, 4) is 5.75 Å². The summed E-state index contributed by atoms with van der Waals surface area (Å²) in [5.74, 6) is 0.971. The van der Waals surface area contributed by atoms with Gasteiger partial charge in [0, 0.05) is 100 Å². The van der Waals surface area contributed by atoms with Crippen molar-refractivity contribution in [2.45, 2.75) is 90.9 Å². The monoisotopic (exact) mass is 1020 g/mol. The molecule has 13 heteroatoms. The maximum Gasteiger partial charge on any atom is 0.262 e. The van der Waals surface area contributed by atoms with Gasteiger partial charge in [0.25, 0.3) is 5.91 Å². The van der Waals surface area contributed by atoms with Gasteiger partial charge in [-0.3, -0.25) is 19.0 Å². The Kier molecular flexibility index (Phi) is 16.8. The highest BCUT2D eigenvalue weighted by atomic mass is 35.5. The van der Waals surface area contributed by atoms with Crippen LogP contribution < -0.4 is 20.3 Å². The lowest BCUT2D eigenvalue weighted by atomic mass is 9.79. The van der Waals surface area contributed by atoms with Crippen molar-refractivity contribution in [1.29, 1.82) is 0 Å². The summed E-state index contributed by atoms with van der Waals surface area (Å²) in [6.07, 6.45) is 14.5. The molecule has 0 atom stereocenters. The molecule has 2 aliphatic heterocycles. The summed E-state index contributed by atoms with van der Waals surface area (Å²) < 4.78 is 13.8. The van der Waals surface area contributed by atoms with E-state index in [9.17, 15) is 14.4 Å². The van der Waals surface area contributed by atoms with Crippen molar-refractivity contribution >= 4 is 80.1 Å². The van der Waals surface area contributed by atoms with E-state index in [1.165, 1.54) is 39.0 Å². The highest BCUT2D eigenvalue weighted by molar-refractivity contribution is 7.94. The predicted octanol–water partition coefficient (Wildman–Crippen LogP) is 12.4. The Balaban J connectivity index is 0.851. The van der Waals surface area contributed by atoms with E-state index >= 15 is 0 Å². The Morgan fingerprint density at radius 2 is 1.55 bits per heavy atom. The van der Waals surface area contributed by atoms with Crippen molar-refractivity contribution < 1.29 is 33.3 Å². The summed E-state index contributed by atoms with van der Waals surface area (Å²) in [6, 6.07) is 31.8. The molecule has 3 heterocycles. The highest BCUT2D eigenvalue weighted by Gasteiger charge is 2.45. The quantitative estimate of drug-likeness (QED) is 0.0163. The van der Waals surface area contributed by atoms with E-state index in [-0.39, 0.29) is 41.4 Å². The van der Waals surface area contributed by atoms with Crippen LogP contribution in [0.2, 0.25) is 5.02 Å². The molecule has 0 aliphatic carbocycles. The lowest BCUT2D eigenvalue weighted by Crippen LogP contribution is -2.29. The number of carbonyl (C=O) groups excluding carboxylic acids is 3. The molecule has 0 saturated carbocycles. The predicted molar refractivity (Wildman–Crippen MR) is 298 cm³/mol. The minimum Gasteiger partial charge on any atom is -0.497 e. The fourth-order valence-electron chi connectivity index (χ4n) is 10.7. The molecule has 0 fully saturated rings. The third-order valence-electron chi connectivity index (χ3n) is 14.5. The topological polar surface area (TPSA) is 125 Å². The van der Waals surface area contributed by atoms with Crippen LogP contribution in [0.25, 0.3) is 21.7 Å². The Bertz CT molecular complexity index is 3170. The van der Waals surface area contributed by atoms with Gasteiger partial charge in [-0.05, 0) is 135 Å². The molecule has 2 aliphatic rings. The number of likely N-dealkylation sites (N-methyl/N-ethyl adjacent to an activating group) is 1. The minimum absolute atomic E-state index is 0.0403. The number of benzene rings is 5. The van der Waals surface area contributed by atoms with E-state index in [4.69, 9.17) is 21.6 Å². The number of fused-ring (bicyclic) bond motifs is 5. The van der Waals surface area contributed by atoms with Gasteiger partial charge in [0.1, 0.15) is 12.3 Å². The van der Waals surface area contributed by atoms with Crippen LogP contribution >= 0.6 is 23.6 Å². The SMILES string of the molecule is CCN1C(=CC=CC=CC2=[N+](CCCCSOO)c3ccc4ccccc4c3C2(C)C)C(C)(C)c2cc(CC(=O)NCCCCNC(=O)Cc3c(C)n(C(=O)c4ccc(Cl)cc4)c4ccc(OC)cc34)ccc21. The van der Waals surface area contributed by atoms with Crippen LogP contribution in [0, 0.1) is 6.92 Å². The number of halogens is 1. The number of anilines is 1. The van der Waals surface area contributed by atoms with E-state index in [0.717, 1.165) is 65.9 Å². The second-order valence-corrected chi connectivity index (χ2v) is 21.0. The summed E-state index contributed by atoms with van der Waals surface area (Å²) in [5, 5.41) is 18.8. The molecule has 0 unspecified atom stereocenters. The molecule has 8 rings (SSSR count). The Hall–Kier alpha value is -6.44. The molecule has 73 heavy (non-hydrogen) atoms. The number of methoxy groups -OCH3 is 1. The standard InChI is InChI=1S/C60H66ClN5O6S/c1-8-64-51-29-22-41(37-55(67)62-32-14-15-33-63-56(68)39-47-40(2)66(50-31-28-45(71-7)38-48(47)50)58(69)43-23-26-44(61)27-24-43)36-49(51)59(3,4)53(64)20-10-9-11-21-54-60(5,6)57-46-19-13-12-18-42(46)25-30-52(57)65(54)34-16-17-35-73-72-70/h9-13,18-31,36,38H,8,14-17,32-35,37,39H2,1-7H3,(H2-,62,63,67,68,70)/p+1. The second kappa shape index (κ2) is 23.2. The molecule has 0 saturated heterocycles. The van der Waals surface area contributed by atoms with Crippen molar-refractivity contribution in [2.24, 2.45) is 0 Å². The average molecular weight is 1020 g/mol. The number of allylic oxidation sites excluding steroid dienone is 6. The molecule has 5 aromatic carbocycles. The molecule has 2 amide bonds. The molecule has 0 spiro atoms. The van der Waals surface area contributed by atoms with Crippen molar-refractivity contribution in [3.63, 3.8) is 0 Å². The third-order valence-corrected chi connectivity index (χ3v) is 15.3. The number of unbranched alkanes of at least 4 members (excludes halogenated alkanes) is 2. The van der Waals surface area contributed by atoms with Gasteiger partial charge in [-0.2, -0.15) is 8.91 Å². The molecule has 3 N–H and O–H groups in total. The van der Waals surface area contributed by atoms with Gasteiger partial charge in [-0.15, -0.1) is 0 Å². The molecule has 11 nitrogen and oxygen atoms in total. The van der Waals surface area contributed by atoms with E-state index < -0.39 is 0 Å². The first kappa shape index (κ1) is 52.9. The first-order valence-corrected chi connectivity index (χ1v) is 26.6. The number of hydrogen-bond acceptors (Lipinski definition) is 8. The molecular formula is C60H67ClN5O6S+. The molecule has 380 valence electrons. The lowest BCUT2D eigenvalue weighted by Gasteiger charge is -2.25. The van der Waals surface area contributed by atoms with Crippen molar-refractivity contribution in [3.05, 3.63) is 172 Å². The van der Waals surface area contributed by atoms with Crippen LogP contribution in [0.1, 0.15) is 98.6 Å². The molecule has 0 bridgehead atoms. The van der Waals surface area contributed by atoms with Gasteiger partial charge >= 0.3 is 0 Å². The zero-order chi connectivity index (χ0) is 51.9. The normalized spacial score (nSPS) is 15.3. The summed E-state index contributed by atoms with van der Waals surface area (Å²) in [7, 11) is 1.59. The number of hydrogen-bond donors (Lipinski definition) is 3. The smallest absolute Gasteiger partial charge is 0.262 e. The van der Waals surface area contributed by atoms with E-state index in [2.05, 4.69) is 144 Å². The van der Waals surface area contributed by atoms with Crippen molar-refractivity contribution in [1.82, 2.24) is 15.2 Å². The van der Waals surface area contributed by atoms with E-state index in [0.29, 0.717) is 53.5 Å². The van der Waals surface area contributed by atoms with Gasteiger partial charge in [0.15, 0.2) is 5.71 Å². The zero-order valence-electron chi connectivity index (χ0n) is 43.0. The average Bonchev–Trinajstić information content (AvgIpc) is 3.87.